The largest absolute Gasteiger partial charge is 0.457 e. The molecule has 1 aliphatic carbocycles. The van der Waals surface area contributed by atoms with Gasteiger partial charge >= 0.3 is 6.03 Å². The van der Waals surface area contributed by atoms with Crippen molar-refractivity contribution in [2.24, 2.45) is 0 Å². The van der Waals surface area contributed by atoms with Crippen LogP contribution in [0.1, 0.15) is 38.5 Å². The highest BCUT2D eigenvalue weighted by Crippen LogP contribution is 2.35. The number of benzene rings is 2. The number of hydrogen-bond donors (Lipinski definition) is 2. The van der Waals surface area contributed by atoms with Gasteiger partial charge in [-0.25, -0.2) is 4.79 Å². The van der Waals surface area contributed by atoms with Crippen LogP contribution < -0.4 is 15.4 Å². The van der Waals surface area contributed by atoms with Crippen molar-refractivity contribution < 1.29 is 19.1 Å². The number of nitrogens with one attached hydrogen (secondary N) is 2. The summed E-state index contributed by atoms with van der Waals surface area (Å²) in [5.74, 6) is 1.03. The molecule has 1 heterocycles. The fourth-order valence-corrected chi connectivity index (χ4v) is 4.08. The molecule has 2 fully saturated rings. The summed E-state index contributed by atoms with van der Waals surface area (Å²) in [6, 6.07) is 16.2. The molecule has 2 aromatic carbocycles. The number of carbonyl (C=O) groups excluding carboxylic acids is 3. The zero-order valence-corrected chi connectivity index (χ0v) is 16.7. The van der Waals surface area contributed by atoms with Gasteiger partial charge in [0, 0.05) is 24.7 Å². The summed E-state index contributed by atoms with van der Waals surface area (Å²) in [7, 11) is 0. The van der Waals surface area contributed by atoms with Crippen LogP contribution in [0.25, 0.3) is 0 Å². The molecule has 2 aliphatic rings. The monoisotopic (exact) mass is 407 g/mol. The molecule has 2 aromatic rings. The SMILES string of the molecule is O=C(CCCN1C(=O)NC2(CCCC2)C1=O)Nc1cccc(Oc2ccccc2)c1. The minimum atomic E-state index is -0.696. The van der Waals surface area contributed by atoms with Gasteiger partial charge in [-0.3, -0.25) is 14.5 Å². The number of imide groups is 1. The number of ether oxygens (including phenoxy) is 1. The molecule has 1 saturated carbocycles. The third kappa shape index (κ3) is 4.30. The van der Waals surface area contributed by atoms with E-state index in [1.165, 1.54) is 4.90 Å². The summed E-state index contributed by atoms with van der Waals surface area (Å²) in [5, 5.41) is 5.70. The number of rotatable bonds is 7. The molecule has 0 atom stereocenters. The van der Waals surface area contributed by atoms with Gasteiger partial charge in [0.15, 0.2) is 0 Å². The minimum Gasteiger partial charge on any atom is -0.457 e. The highest BCUT2D eigenvalue weighted by molar-refractivity contribution is 6.07. The van der Waals surface area contributed by atoms with Crippen molar-refractivity contribution in [3.63, 3.8) is 0 Å². The maximum absolute atomic E-state index is 12.6. The summed E-state index contributed by atoms with van der Waals surface area (Å²) in [4.78, 5) is 38.4. The quantitative estimate of drug-likeness (QED) is 0.678. The highest BCUT2D eigenvalue weighted by atomic mass is 16.5. The highest BCUT2D eigenvalue weighted by Gasteiger charge is 2.51. The molecular formula is C23H25N3O4. The number of urea groups is 1. The maximum Gasteiger partial charge on any atom is 0.325 e. The molecule has 7 heteroatoms. The van der Waals surface area contributed by atoms with Crippen LogP contribution in [-0.2, 0) is 9.59 Å². The van der Waals surface area contributed by atoms with Gasteiger partial charge in [0.2, 0.25) is 5.91 Å². The zero-order chi connectivity index (χ0) is 21.0. The predicted octanol–water partition coefficient (Wildman–Crippen LogP) is 4.06. The molecule has 2 N–H and O–H groups in total. The van der Waals surface area contributed by atoms with Crippen LogP contribution in [0.15, 0.2) is 54.6 Å². The number of anilines is 1. The first-order valence-electron chi connectivity index (χ1n) is 10.3. The van der Waals surface area contributed by atoms with Crippen LogP contribution in [0.4, 0.5) is 10.5 Å². The summed E-state index contributed by atoms with van der Waals surface area (Å²) in [5.41, 5.74) is -0.0632. The summed E-state index contributed by atoms with van der Waals surface area (Å²) in [6.45, 7) is 0.247. The average molecular weight is 407 g/mol. The molecule has 1 spiro atoms. The number of carbonyl (C=O) groups is 3. The number of para-hydroxylation sites is 1. The van der Waals surface area contributed by atoms with Crippen molar-refractivity contribution in [3.8, 4) is 11.5 Å². The van der Waals surface area contributed by atoms with Gasteiger partial charge in [-0.15, -0.1) is 0 Å². The molecule has 1 saturated heterocycles. The van der Waals surface area contributed by atoms with Crippen molar-refractivity contribution >= 4 is 23.5 Å². The van der Waals surface area contributed by atoms with Gasteiger partial charge in [0.25, 0.3) is 5.91 Å². The molecule has 156 valence electrons. The van der Waals surface area contributed by atoms with E-state index in [0.29, 0.717) is 30.7 Å². The van der Waals surface area contributed by atoms with Crippen LogP contribution in [0.3, 0.4) is 0 Å². The van der Waals surface area contributed by atoms with E-state index >= 15 is 0 Å². The topological polar surface area (TPSA) is 87.7 Å². The molecule has 7 nitrogen and oxygen atoms in total. The first kappa shape index (κ1) is 19.9. The Balaban J connectivity index is 1.27. The van der Waals surface area contributed by atoms with Crippen LogP contribution in [0.2, 0.25) is 0 Å². The third-order valence-electron chi connectivity index (χ3n) is 5.59. The fourth-order valence-electron chi connectivity index (χ4n) is 4.08. The summed E-state index contributed by atoms with van der Waals surface area (Å²) >= 11 is 0. The van der Waals surface area contributed by atoms with E-state index in [-0.39, 0.29) is 30.8 Å². The number of amides is 4. The van der Waals surface area contributed by atoms with E-state index < -0.39 is 5.54 Å². The lowest BCUT2D eigenvalue weighted by Crippen LogP contribution is -2.44. The Hall–Kier alpha value is -3.35. The molecule has 4 amide bonds. The molecule has 0 unspecified atom stereocenters. The fraction of sp³-hybridized carbons (Fsp3) is 0.348. The second-order valence-electron chi connectivity index (χ2n) is 7.77. The van der Waals surface area contributed by atoms with Gasteiger partial charge in [-0.1, -0.05) is 37.1 Å². The standard InChI is InChI=1S/C23H25N3O4/c27-20(12-7-15-26-21(28)23(25-22(26)29)13-4-5-14-23)24-17-8-6-11-19(16-17)30-18-9-2-1-3-10-18/h1-3,6,8-11,16H,4-5,7,12-15H2,(H,24,27)(H,25,29). The lowest BCUT2D eigenvalue weighted by molar-refractivity contribution is -0.131. The summed E-state index contributed by atoms with van der Waals surface area (Å²) in [6.07, 6.45) is 3.95. The van der Waals surface area contributed by atoms with Crippen molar-refractivity contribution in [3.05, 3.63) is 54.6 Å². The van der Waals surface area contributed by atoms with Gasteiger partial charge in [-0.05, 0) is 43.5 Å². The van der Waals surface area contributed by atoms with Crippen LogP contribution in [0, 0.1) is 0 Å². The second-order valence-corrected chi connectivity index (χ2v) is 7.77. The molecule has 30 heavy (non-hydrogen) atoms. The Morgan fingerprint density at radius 1 is 1.03 bits per heavy atom. The molecule has 0 aromatic heterocycles. The number of hydrogen-bond acceptors (Lipinski definition) is 4. The third-order valence-corrected chi connectivity index (χ3v) is 5.59. The van der Waals surface area contributed by atoms with E-state index in [1.807, 2.05) is 42.5 Å². The molecule has 0 bridgehead atoms. The van der Waals surface area contributed by atoms with E-state index in [1.54, 1.807) is 12.1 Å². The molecule has 0 radical (unpaired) electrons. The van der Waals surface area contributed by atoms with Crippen molar-refractivity contribution in [1.29, 1.82) is 0 Å². The lowest BCUT2D eigenvalue weighted by Gasteiger charge is -2.19. The van der Waals surface area contributed by atoms with Crippen LogP contribution in [-0.4, -0.2) is 34.8 Å². The van der Waals surface area contributed by atoms with Gasteiger partial charge in [0.05, 0.1) is 0 Å². The Morgan fingerprint density at radius 2 is 1.77 bits per heavy atom. The molecule has 1 aliphatic heterocycles. The Morgan fingerprint density at radius 3 is 2.53 bits per heavy atom. The van der Waals surface area contributed by atoms with Crippen molar-refractivity contribution in [2.75, 3.05) is 11.9 Å². The predicted molar refractivity (Wildman–Crippen MR) is 112 cm³/mol. The van der Waals surface area contributed by atoms with Gasteiger partial charge < -0.3 is 15.4 Å². The molecular weight excluding hydrogens is 382 g/mol. The van der Waals surface area contributed by atoms with Crippen LogP contribution in [0.5, 0.6) is 11.5 Å². The lowest BCUT2D eigenvalue weighted by atomic mass is 9.98. The first-order chi connectivity index (χ1) is 14.6. The maximum atomic E-state index is 12.6. The van der Waals surface area contributed by atoms with E-state index in [9.17, 15) is 14.4 Å². The van der Waals surface area contributed by atoms with Crippen LogP contribution >= 0.6 is 0 Å². The number of nitrogens with zero attached hydrogens (tertiary/aromatic N) is 1. The average Bonchev–Trinajstić information content (AvgIpc) is 3.29. The Bertz CT molecular complexity index is 938. The van der Waals surface area contributed by atoms with Gasteiger partial charge in [-0.2, -0.15) is 0 Å². The van der Waals surface area contributed by atoms with E-state index in [2.05, 4.69) is 10.6 Å². The zero-order valence-electron chi connectivity index (χ0n) is 16.7. The summed E-state index contributed by atoms with van der Waals surface area (Å²) < 4.78 is 5.78. The second kappa shape index (κ2) is 8.57. The van der Waals surface area contributed by atoms with E-state index in [0.717, 1.165) is 18.6 Å². The van der Waals surface area contributed by atoms with Crippen molar-refractivity contribution in [2.45, 2.75) is 44.1 Å². The normalized spacial score (nSPS) is 17.3. The Labute approximate surface area is 175 Å². The minimum absolute atomic E-state index is 0.142. The molecule has 4 rings (SSSR count). The Kier molecular flexibility index (Phi) is 5.70. The first-order valence-corrected chi connectivity index (χ1v) is 10.3. The van der Waals surface area contributed by atoms with Crippen molar-refractivity contribution in [1.82, 2.24) is 10.2 Å². The van der Waals surface area contributed by atoms with Gasteiger partial charge in [0.1, 0.15) is 17.0 Å². The smallest absolute Gasteiger partial charge is 0.325 e. The van der Waals surface area contributed by atoms with E-state index in [4.69, 9.17) is 4.74 Å².